The van der Waals surface area contributed by atoms with Crippen LogP contribution in [0.25, 0.3) is 22.4 Å². The molecule has 136 valence electrons. The summed E-state index contributed by atoms with van der Waals surface area (Å²) in [4.78, 5) is 24.5. The van der Waals surface area contributed by atoms with Crippen LogP contribution in [0.5, 0.6) is 0 Å². The van der Waals surface area contributed by atoms with Gasteiger partial charge in [-0.3, -0.25) is 14.5 Å². The number of pyridine rings is 1. The first kappa shape index (κ1) is 16.9. The number of nitrogens with zero attached hydrogens (tertiary/aromatic N) is 4. The molecule has 4 rings (SSSR count). The predicted molar refractivity (Wildman–Crippen MR) is 101 cm³/mol. The number of hydrogen-bond donors (Lipinski definition) is 2. The molecule has 0 aliphatic rings. The Kier molecular flexibility index (Phi) is 4.39. The number of ether oxygens (including phenoxy) is 1. The summed E-state index contributed by atoms with van der Waals surface area (Å²) in [5.41, 5.74) is 4.36. The summed E-state index contributed by atoms with van der Waals surface area (Å²) < 4.78 is 6.71. The Morgan fingerprint density at radius 3 is 2.85 bits per heavy atom. The third kappa shape index (κ3) is 3.42. The van der Waals surface area contributed by atoms with Crippen LogP contribution in [0.15, 0.2) is 48.9 Å². The molecule has 3 heterocycles. The van der Waals surface area contributed by atoms with E-state index in [-0.39, 0.29) is 12.5 Å². The van der Waals surface area contributed by atoms with Gasteiger partial charge >= 0.3 is 0 Å². The number of amides is 1. The van der Waals surface area contributed by atoms with E-state index in [0.29, 0.717) is 16.9 Å². The molecule has 0 bridgehead atoms. The molecule has 0 unspecified atom stereocenters. The Labute approximate surface area is 155 Å². The molecule has 0 saturated carbocycles. The minimum Gasteiger partial charge on any atom is -0.378 e. The molecular formula is C19H18N6O2. The number of aryl methyl sites for hydroxylation is 1. The summed E-state index contributed by atoms with van der Waals surface area (Å²) in [5.74, 6) is 0.522. The minimum absolute atomic E-state index is 0.233. The number of carbonyl (C=O) groups is 1. The monoisotopic (exact) mass is 362 g/mol. The van der Waals surface area contributed by atoms with E-state index in [4.69, 9.17) is 4.74 Å². The van der Waals surface area contributed by atoms with Crippen molar-refractivity contribution in [1.29, 1.82) is 0 Å². The SMILES string of the molecule is COCc1nn(C)cc1C(=O)Nc1ccc2nc(-c3ccncc3)[nH]c2c1. The van der Waals surface area contributed by atoms with E-state index in [9.17, 15) is 4.79 Å². The fourth-order valence-electron chi connectivity index (χ4n) is 2.90. The number of hydrogen-bond acceptors (Lipinski definition) is 5. The number of aromatic amines is 1. The number of aromatic nitrogens is 5. The second-order valence-corrected chi connectivity index (χ2v) is 6.10. The highest BCUT2D eigenvalue weighted by Crippen LogP contribution is 2.23. The zero-order valence-corrected chi connectivity index (χ0v) is 14.9. The summed E-state index contributed by atoms with van der Waals surface area (Å²) in [6.07, 6.45) is 5.12. The standard InChI is InChI=1S/C19H18N6O2/c1-25-10-14(17(24-25)11-27-2)19(26)21-13-3-4-15-16(9-13)23-18(22-15)12-5-7-20-8-6-12/h3-10H,11H2,1-2H3,(H,21,26)(H,22,23). The third-order valence-corrected chi connectivity index (χ3v) is 4.12. The van der Waals surface area contributed by atoms with Crippen LogP contribution in [0.4, 0.5) is 5.69 Å². The van der Waals surface area contributed by atoms with E-state index >= 15 is 0 Å². The van der Waals surface area contributed by atoms with Crippen molar-refractivity contribution in [2.24, 2.45) is 7.05 Å². The normalized spacial score (nSPS) is 11.0. The Hall–Kier alpha value is -3.52. The molecule has 0 saturated heterocycles. The molecule has 0 aliphatic heterocycles. The summed E-state index contributed by atoms with van der Waals surface area (Å²) in [6.45, 7) is 0.276. The molecule has 27 heavy (non-hydrogen) atoms. The molecule has 0 aliphatic carbocycles. The number of fused-ring (bicyclic) bond motifs is 1. The van der Waals surface area contributed by atoms with Crippen LogP contribution in [0.3, 0.4) is 0 Å². The molecule has 0 spiro atoms. The summed E-state index contributed by atoms with van der Waals surface area (Å²) >= 11 is 0. The number of carbonyl (C=O) groups excluding carboxylic acids is 1. The lowest BCUT2D eigenvalue weighted by atomic mass is 10.2. The first-order chi connectivity index (χ1) is 13.1. The van der Waals surface area contributed by atoms with E-state index in [0.717, 1.165) is 22.4 Å². The topological polar surface area (TPSA) is 97.7 Å². The van der Waals surface area contributed by atoms with Gasteiger partial charge < -0.3 is 15.0 Å². The van der Waals surface area contributed by atoms with Gasteiger partial charge in [0.15, 0.2) is 0 Å². The van der Waals surface area contributed by atoms with Crippen molar-refractivity contribution in [1.82, 2.24) is 24.7 Å². The number of benzene rings is 1. The van der Waals surface area contributed by atoms with Crippen molar-refractivity contribution in [3.63, 3.8) is 0 Å². The molecule has 1 amide bonds. The van der Waals surface area contributed by atoms with Gasteiger partial charge in [0.05, 0.1) is 23.2 Å². The fraction of sp³-hybridized carbons (Fsp3) is 0.158. The Morgan fingerprint density at radius 2 is 2.07 bits per heavy atom. The molecule has 2 N–H and O–H groups in total. The molecule has 1 aromatic carbocycles. The molecule has 8 nitrogen and oxygen atoms in total. The van der Waals surface area contributed by atoms with Crippen molar-refractivity contribution >= 4 is 22.6 Å². The fourth-order valence-corrected chi connectivity index (χ4v) is 2.90. The maximum atomic E-state index is 12.6. The van der Waals surface area contributed by atoms with Gasteiger partial charge in [-0.2, -0.15) is 5.10 Å². The molecule has 0 radical (unpaired) electrons. The maximum absolute atomic E-state index is 12.6. The number of rotatable bonds is 5. The highest BCUT2D eigenvalue weighted by atomic mass is 16.5. The lowest BCUT2D eigenvalue weighted by molar-refractivity contribution is 0.102. The van der Waals surface area contributed by atoms with Crippen LogP contribution in [0.1, 0.15) is 16.1 Å². The molecule has 3 aromatic heterocycles. The first-order valence-electron chi connectivity index (χ1n) is 8.37. The molecule has 0 fully saturated rings. The van der Waals surface area contributed by atoms with E-state index in [1.54, 1.807) is 37.4 Å². The highest BCUT2D eigenvalue weighted by molar-refractivity contribution is 6.05. The molecular weight excluding hydrogens is 344 g/mol. The lowest BCUT2D eigenvalue weighted by Crippen LogP contribution is -2.13. The second-order valence-electron chi connectivity index (χ2n) is 6.10. The van der Waals surface area contributed by atoms with Gasteiger partial charge in [-0.15, -0.1) is 0 Å². The van der Waals surface area contributed by atoms with E-state index in [2.05, 4.69) is 25.4 Å². The number of nitrogens with one attached hydrogen (secondary N) is 2. The zero-order valence-electron chi connectivity index (χ0n) is 14.9. The Balaban J connectivity index is 1.60. The maximum Gasteiger partial charge on any atom is 0.259 e. The summed E-state index contributed by atoms with van der Waals surface area (Å²) in [7, 11) is 3.34. The van der Waals surface area contributed by atoms with Gasteiger partial charge in [-0.25, -0.2) is 4.98 Å². The molecule has 8 heteroatoms. The van der Waals surface area contributed by atoms with Crippen LogP contribution < -0.4 is 5.32 Å². The molecule has 0 atom stereocenters. The minimum atomic E-state index is -0.233. The zero-order chi connectivity index (χ0) is 18.8. The van der Waals surface area contributed by atoms with Gasteiger partial charge in [0.2, 0.25) is 0 Å². The number of imidazole rings is 1. The smallest absolute Gasteiger partial charge is 0.259 e. The molecule has 4 aromatic rings. The van der Waals surface area contributed by atoms with Crippen LogP contribution in [-0.2, 0) is 18.4 Å². The third-order valence-electron chi connectivity index (χ3n) is 4.12. The van der Waals surface area contributed by atoms with Crippen molar-refractivity contribution in [2.75, 3.05) is 12.4 Å². The second kappa shape index (κ2) is 7.00. The van der Waals surface area contributed by atoms with Crippen LogP contribution in [0.2, 0.25) is 0 Å². The Bertz CT molecular complexity index is 1100. The van der Waals surface area contributed by atoms with E-state index < -0.39 is 0 Å². The van der Waals surface area contributed by atoms with Crippen molar-refractivity contribution < 1.29 is 9.53 Å². The average Bonchev–Trinajstić information content (AvgIpc) is 3.26. The van der Waals surface area contributed by atoms with Crippen molar-refractivity contribution in [3.05, 3.63) is 60.2 Å². The van der Waals surface area contributed by atoms with Crippen molar-refractivity contribution in [3.8, 4) is 11.4 Å². The lowest BCUT2D eigenvalue weighted by Gasteiger charge is -2.05. The number of methoxy groups -OCH3 is 1. The average molecular weight is 362 g/mol. The van der Waals surface area contributed by atoms with Crippen LogP contribution in [-0.4, -0.2) is 37.7 Å². The van der Waals surface area contributed by atoms with Gasteiger partial charge in [-0.05, 0) is 30.3 Å². The van der Waals surface area contributed by atoms with Crippen LogP contribution >= 0.6 is 0 Å². The summed E-state index contributed by atoms with van der Waals surface area (Å²) in [5, 5.41) is 7.17. The summed E-state index contributed by atoms with van der Waals surface area (Å²) in [6, 6.07) is 9.33. The van der Waals surface area contributed by atoms with E-state index in [1.807, 2.05) is 30.3 Å². The highest BCUT2D eigenvalue weighted by Gasteiger charge is 2.16. The Morgan fingerprint density at radius 1 is 1.26 bits per heavy atom. The number of H-pyrrole nitrogens is 1. The largest absolute Gasteiger partial charge is 0.378 e. The first-order valence-corrected chi connectivity index (χ1v) is 8.37. The quantitative estimate of drug-likeness (QED) is 0.569. The van der Waals surface area contributed by atoms with Gasteiger partial charge in [0.1, 0.15) is 11.5 Å². The predicted octanol–water partition coefficient (Wildman–Crippen LogP) is 2.76. The number of anilines is 1. The van der Waals surface area contributed by atoms with Gasteiger partial charge in [0.25, 0.3) is 5.91 Å². The van der Waals surface area contributed by atoms with E-state index in [1.165, 1.54) is 0 Å². The van der Waals surface area contributed by atoms with Crippen LogP contribution in [0, 0.1) is 0 Å². The van der Waals surface area contributed by atoms with Crippen molar-refractivity contribution in [2.45, 2.75) is 6.61 Å². The van der Waals surface area contributed by atoms with Gasteiger partial charge in [-0.1, -0.05) is 0 Å². The van der Waals surface area contributed by atoms with Gasteiger partial charge in [0, 0.05) is 44.0 Å².